The van der Waals surface area contributed by atoms with Crippen molar-refractivity contribution in [3.63, 3.8) is 0 Å². The average Bonchev–Trinajstić information content (AvgIpc) is 2.89. The molecule has 0 aromatic heterocycles. The Morgan fingerprint density at radius 1 is 1.26 bits per heavy atom. The quantitative estimate of drug-likeness (QED) is 0.906. The molecule has 4 nitrogen and oxygen atoms in total. The number of nitrogens with zero attached hydrogens (tertiary/aromatic N) is 1. The van der Waals surface area contributed by atoms with Gasteiger partial charge in [-0.2, -0.15) is 0 Å². The summed E-state index contributed by atoms with van der Waals surface area (Å²) in [6.07, 6.45) is 2.53. The van der Waals surface area contributed by atoms with Gasteiger partial charge in [-0.1, -0.05) is 13.0 Å². The summed E-state index contributed by atoms with van der Waals surface area (Å²) in [6, 6.07) is 6.48. The Kier molecular flexibility index (Phi) is 3.62. The van der Waals surface area contributed by atoms with E-state index < -0.39 is 0 Å². The van der Waals surface area contributed by atoms with Crippen LogP contribution in [0, 0.1) is 5.92 Å². The molecular weight excluding hydrogens is 240 g/mol. The second-order valence-electron chi connectivity index (χ2n) is 5.58. The van der Waals surface area contributed by atoms with E-state index in [9.17, 15) is 0 Å². The minimum absolute atomic E-state index is 0.294. The topological polar surface area (TPSA) is 47.7 Å². The fourth-order valence-corrected chi connectivity index (χ4v) is 2.96. The van der Waals surface area contributed by atoms with Crippen LogP contribution < -0.4 is 15.2 Å². The molecule has 0 spiro atoms. The molecule has 19 heavy (non-hydrogen) atoms. The van der Waals surface area contributed by atoms with Crippen molar-refractivity contribution in [3.8, 4) is 11.5 Å². The van der Waals surface area contributed by atoms with Crippen molar-refractivity contribution in [2.75, 3.05) is 26.4 Å². The Hall–Kier alpha value is -1.26. The number of hydrogen-bond acceptors (Lipinski definition) is 4. The van der Waals surface area contributed by atoms with Crippen LogP contribution in [-0.4, -0.2) is 31.3 Å². The lowest BCUT2D eigenvalue weighted by Crippen LogP contribution is -2.39. The molecule has 1 saturated heterocycles. The van der Waals surface area contributed by atoms with Gasteiger partial charge in [0.05, 0.1) is 0 Å². The zero-order chi connectivity index (χ0) is 13.2. The highest BCUT2D eigenvalue weighted by Gasteiger charge is 2.25. The number of likely N-dealkylation sites (tertiary alicyclic amines) is 1. The normalized spacial score (nSPS) is 21.6. The third-order valence-corrected chi connectivity index (χ3v) is 4.26. The molecule has 104 valence electrons. The number of rotatable bonds is 3. The smallest absolute Gasteiger partial charge is 0.231 e. The van der Waals surface area contributed by atoms with Gasteiger partial charge >= 0.3 is 0 Å². The van der Waals surface area contributed by atoms with Crippen LogP contribution in [0.15, 0.2) is 18.2 Å². The predicted octanol–water partition coefficient (Wildman–Crippen LogP) is 2.15. The monoisotopic (exact) mass is 262 g/mol. The van der Waals surface area contributed by atoms with E-state index in [1.807, 2.05) is 6.07 Å². The first-order valence-corrected chi connectivity index (χ1v) is 7.11. The summed E-state index contributed by atoms with van der Waals surface area (Å²) in [4.78, 5) is 2.50. The van der Waals surface area contributed by atoms with Crippen LogP contribution in [0.2, 0.25) is 0 Å². The highest BCUT2D eigenvalue weighted by molar-refractivity contribution is 5.45. The van der Waals surface area contributed by atoms with Gasteiger partial charge in [-0.15, -0.1) is 0 Å². The first-order chi connectivity index (χ1) is 9.28. The number of piperidine rings is 1. The Morgan fingerprint density at radius 3 is 2.74 bits per heavy atom. The van der Waals surface area contributed by atoms with E-state index in [-0.39, 0.29) is 0 Å². The van der Waals surface area contributed by atoms with Crippen molar-refractivity contribution in [1.82, 2.24) is 4.90 Å². The van der Waals surface area contributed by atoms with Gasteiger partial charge in [-0.05, 0) is 49.5 Å². The molecule has 2 heterocycles. The number of hydrogen-bond donors (Lipinski definition) is 1. The number of benzene rings is 1. The van der Waals surface area contributed by atoms with Crippen molar-refractivity contribution in [3.05, 3.63) is 23.8 Å². The van der Waals surface area contributed by atoms with Gasteiger partial charge in [0.2, 0.25) is 6.79 Å². The van der Waals surface area contributed by atoms with E-state index in [2.05, 4.69) is 24.0 Å². The third-order valence-electron chi connectivity index (χ3n) is 4.26. The van der Waals surface area contributed by atoms with Crippen molar-refractivity contribution in [2.45, 2.75) is 25.8 Å². The van der Waals surface area contributed by atoms with Gasteiger partial charge in [0, 0.05) is 12.6 Å². The van der Waals surface area contributed by atoms with E-state index in [4.69, 9.17) is 15.2 Å². The van der Waals surface area contributed by atoms with Gasteiger partial charge in [-0.25, -0.2) is 0 Å². The Bertz CT molecular complexity index is 442. The first kappa shape index (κ1) is 12.8. The molecule has 1 fully saturated rings. The van der Waals surface area contributed by atoms with Gasteiger partial charge in [0.1, 0.15) is 0 Å². The molecule has 0 saturated carbocycles. The number of ether oxygens (including phenoxy) is 2. The van der Waals surface area contributed by atoms with Gasteiger partial charge < -0.3 is 15.2 Å². The molecule has 1 atom stereocenters. The van der Waals surface area contributed by atoms with Gasteiger partial charge in [0.25, 0.3) is 0 Å². The molecule has 2 aliphatic heterocycles. The van der Waals surface area contributed by atoms with Crippen LogP contribution in [0.3, 0.4) is 0 Å². The Balaban J connectivity index is 1.78. The zero-order valence-electron chi connectivity index (χ0n) is 11.5. The van der Waals surface area contributed by atoms with Crippen molar-refractivity contribution in [2.24, 2.45) is 11.7 Å². The first-order valence-electron chi connectivity index (χ1n) is 7.11. The summed E-state index contributed by atoms with van der Waals surface area (Å²) in [5, 5.41) is 0. The molecule has 2 aliphatic rings. The molecule has 0 amide bonds. The summed E-state index contributed by atoms with van der Waals surface area (Å²) in [5.41, 5.74) is 7.24. The van der Waals surface area contributed by atoms with Crippen LogP contribution in [0.1, 0.15) is 31.4 Å². The number of fused-ring (bicyclic) bond motifs is 1. The van der Waals surface area contributed by atoms with Crippen LogP contribution in [0.5, 0.6) is 11.5 Å². The third kappa shape index (κ3) is 2.55. The summed E-state index contributed by atoms with van der Waals surface area (Å²) < 4.78 is 10.8. The summed E-state index contributed by atoms with van der Waals surface area (Å²) in [5.74, 6) is 2.53. The van der Waals surface area contributed by atoms with Crippen molar-refractivity contribution < 1.29 is 9.47 Å². The minimum atomic E-state index is 0.294. The largest absolute Gasteiger partial charge is 0.454 e. The van der Waals surface area contributed by atoms with E-state index in [1.54, 1.807) is 0 Å². The molecule has 2 N–H and O–H groups in total. The SMILES string of the molecule is CC1CCN(C(CN)c2ccc3c(c2)OCO3)CC1. The summed E-state index contributed by atoms with van der Waals surface area (Å²) in [7, 11) is 0. The highest BCUT2D eigenvalue weighted by Crippen LogP contribution is 2.36. The maximum Gasteiger partial charge on any atom is 0.231 e. The van der Waals surface area contributed by atoms with Crippen LogP contribution in [0.4, 0.5) is 0 Å². The average molecular weight is 262 g/mol. The Morgan fingerprint density at radius 2 is 2.00 bits per heavy atom. The maximum atomic E-state index is 6.00. The lowest BCUT2D eigenvalue weighted by Gasteiger charge is -2.36. The lowest BCUT2D eigenvalue weighted by molar-refractivity contribution is 0.141. The standard InChI is InChI=1S/C15H22N2O2/c1-11-4-6-17(7-5-11)13(9-16)12-2-3-14-15(8-12)19-10-18-14/h2-3,8,11,13H,4-7,9-10,16H2,1H3. The fraction of sp³-hybridized carbons (Fsp3) is 0.600. The van der Waals surface area contributed by atoms with Crippen molar-refractivity contribution >= 4 is 0 Å². The molecule has 4 heteroatoms. The molecule has 0 bridgehead atoms. The van der Waals surface area contributed by atoms with E-state index >= 15 is 0 Å². The second kappa shape index (κ2) is 5.39. The molecular formula is C15H22N2O2. The molecule has 1 aromatic carbocycles. The fourth-order valence-electron chi connectivity index (χ4n) is 2.96. The van der Waals surface area contributed by atoms with E-state index in [0.717, 1.165) is 30.5 Å². The van der Waals surface area contributed by atoms with Gasteiger partial charge in [-0.3, -0.25) is 4.90 Å². The second-order valence-corrected chi connectivity index (χ2v) is 5.58. The molecule has 0 aliphatic carbocycles. The van der Waals surface area contributed by atoms with Crippen molar-refractivity contribution in [1.29, 1.82) is 0 Å². The Labute approximate surface area is 114 Å². The lowest BCUT2D eigenvalue weighted by atomic mass is 9.95. The predicted molar refractivity (Wildman–Crippen MR) is 74.3 cm³/mol. The molecule has 1 unspecified atom stereocenters. The van der Waals surface area contributed by atoms with E-state index in [0.29, 0.717) is 19.4 Å². The van der Waals surface area contributed by atoms with Gasteiger partial charge in [0.15, 0.2) is 11.5 Å². The molecule has 0 radical (unpaired) electrons. The van der Waals surface area contributed by atoms with Crippen LogP contribution in [-0.2, 0) is 0 Å². The maximum absolute atomic E-state index is 6.00. The minimum Gasteiger partial charge on any atom is -0.454 e. The summed E-state index contributed by atoms with van der Waals surface area (Å²) >= 11 is 0. The highest BCUT2D eigenvalue weighted by atomic mass is 16.7. The molecule has 3 rings (SSSR count). The van der Waals surface area contributed by atoms with Crippen LogP contribution >= 0.6 is 0 Å². The van der Waals surface area contributed by atoms with E-state index in [1.165, 1.54) is 18.4 Å². The van der Waals surface area contributed by atoms with Crippen LogP contribution in [0.25, 0.3) is 0 Å². The summed E-state index contributed by atoms with van der Waals surface area (Å²) in [6.45, 7) is 5.58. The zero-order valence-corrected chi connectivity index (χ0v) is 11.5. The molecule has 1 aromatic rings. The number of nitrogens with two attached hydrogens (primary N) is 1.